The Morgan fingerprint density at radius 2 is 2.28 bits per heavy atom. The number of phenols is 1. The molecule has 1 aliphatic heterocycles. The maximum Gasteiger partial charge on any atom is 0.231 e. The molecule has 1 amide bonds. The number of hydrogen-bond donors (Lipinski definition) is 3. The molecule has 1 aliphatic rings. The number of carbonyl (C=O) groups excluding carboxylic acids is 1. The average Bonchev–Trinajstić information content (AvgIpc) is 2.82. The van der Waals surface area contributed by atoms with Crippen LogP contribution in [0.3, 0.4) is 0 Å². The van der Waals surface area contributed by atoms with E-state index in [1.807, 2.05) is 0 Å². The SMILES string of the molecule is CNC1COCC1C(=O)Nc1ccc(O)c(Cl)c1. The molecule has 5 nitrogen and oxygen atoms in total. The fourth-order valence-electron chi connectivity index (χ4n) is 1.92. The van der Waals surface area contributed by atoms with Crippen molar-refractivity contribution in [3.05, 3.63) is 23.2 Å². The Morgan fingerprint density at radius 3 is 2.94 bits per heavy atom. The van der Waals surface area contributed by atoms with Crippen molar-refractivity contribution in [2.45, 2.75) is 6.04 Å². The molecule has 0 aliphatic carbocycles. The van der Waals surface area contributed by atoms with Gasteiger partial charge >= 0.3 is 0 Å². The van der Waals surface area contributed by atoms with Crippen LogP contribution in [-0.4, -0.2) is 37.3 Å². The summed E-state index contributed by atoms with van der Waals surface area (Å²) < 4.78 is 5.27. The Balaban J connectivity index is 2.04. The van der Waals surface area contributed by atoms with Crippen molar-refractivity contribution < 1.29 is 14.6 Å². The number of amides is 1. The minimum absolute atomic E-state index is 0.00744. The average molecular weight is 271 g/mol. The number of nitrogens with one attached hydrogen (secondary N) is 2. The molecule has 18 heavy (non-hydrogen) atoms. The van der Waals surface area contributed by atoms with Crippen LogP contribution in [0.25, 0.3) is 0 Å². The minimum Gasteiger partial charge on any atom is -0.506 e. The number of carbonyl (C=O) groups is 1. The number of likely N-dealkylation sites (N-methyl/N-ethyl adjacent to an activating group) is 1. The van der Waals surface area contributed by atoms with Crippen molar-refractivity contribution in [1.29, 1.82) is 0 Å². The molecule has 2 rings (SSSR count). The molecular weight excluding hydrogens is 256 g/mol. The van der Waals surface area contributed by atoms with Crippen LogP contribution >= 0.6 is 11.6 Å². The number of anilines is 1. The molecule has 0 spiro atoms. The van der Waals surface area contributed by atoms with E-state index < -0.39 is 0 Å². The molecule has 0 radical (unpaired) electrons. The highest BCUT2D eigenvalue weighted by Gasteiger charge is 2.32. The largest absolute Gasteiger partial charge is 0.506 e. The lowest BCUT2D eigenvalue weighted by Crippen LogP contribution is -2.39. The molecule has 0 bridgehead atoms. The zero-order chi connectivity index (χ0) is 13.1. The summed E-state index contributed by atoms with van der Waals surface area (Å²) in [6.45, 7) is 0.939. The zero-order valence-corrected chi connectivity index (χ0v) is 10.7. The third-order valence-electron chi connectivity index (χ3n) is 3.00. The van der Waals surface area contributed by atoms with Crippen LogP contribution in [0, 0.1) is 5.92 Å². The lowest BCUT2D eigenvalue weighted by atomic mass is 10.0. The van der Waals surface area contributed by atoms with Crippen LogP contribution in [0.15, 0.2) is 18.2 Å². The number of benzene rings is 1. The quantitative estimate of drug-likeness (QED) is 0.723. The summed E-state index contributed by atoms with van der Waals surface area (Å²) in [5, 5.41) is 15.3. The molecule has 0 aromatic heterocycles. The topological polar surface area (TPSA) is 70.6 Å². The van der Waals surface area contributed by atoms with Gasteiger partial charge in [0.1, 0.15) is 5.75 Å². The first-order chi connectivity index (χ1) is 8.61. The Bertz CT molecular complexity index is 453. The van der Waals surface area contributed by atoms with Crippen molar-refractivity contribution in [3.63, 3.8) is 0 Å². The van der Waals surface area contributed by atoms with Crippen molar-refractivity contribution in [3.8, 4) is 5.75 Å². The number of phenolic OH excluding ortho intramolecular Hbond substituents is 1. The smallest absolute Gasteiger partial charge is 0.231 e. The highest BCUT2D eigenvalue weighted by molar-refractivity contribution is 6.32. The lowest BCUT2D eigenvalue weighted by molar-refractivity contribution is -0.120. The summed E-state index contributed by atoms with van der Waals surface area (Å²) in [7, 11) is 1.80. The standard InChI is InChI=1S/C12H15ClN2O3/c1-14-10-6-18-5-8(10)12(17)15-7-2-3-11(16)9(13)4-7/h2-4,8,10,14,16H,5-6H2,1H3,(H,15,17). The first-order valence-corrected chi connectivity index (χ1v) is 6.04. The summed E-state index contributed by atoms with van der Waals surface area (Å²) in [6, 6.07) is 4.58. The van der Waals surface area contributed by atoms with E-state index in [0.717, 1.165) is 0 Å². The minimum atomic E-state index is -0.220. The zero-order valence-electron chi connectivity index (χ0n) is 9.94. The Kier molecular flexibility index (Phi) is 4.06. The van der Waals surface area contributed by atoms with Crippen LogP contribution in [0.2, 0.25) is 5.02 Å². The fraction of sp³-hybridized carbons (Fsp3) is 0.417. The third-order valence-corrected chi connectivity index (χ3v) is 3.31. The van der Waals surface area contributed by atoms with E-state index in [2.05, 4.69) is 10.6 Å². The monoisotopic (exact) mass is 270 g/mol. The normalized spacial score (nSPS) is 23.0. The van der Waals surface area contributed by atoms with Gasteiger partial charge in [0, 0.05) is 11.7 Å². The molecule has 1 aromatic rings. The van der Waals surface area contributed by atoms with Crippen molar-refractivity contribution >= 4 is 23.2 Å². The molecule has 98 valence electrons. The number of halogens is 1. The van der Waals surface area contributed by atoms with Crippen LogP contribution < -0.4 is 10.6 Å². The number of hydrogen-bond acceptors (Lipinski definition) is 4. The van der Waals surface area contributed by atoms with E-state index >= 15 is 0 Å². The second kappa shape index (κ2) is 5.56. The molecule has 6 heteroatoms. The molecular formula is C12H15ClN2O3. The number of rotatable bonds is 3. The summed E-state index contributed by atoms with van der Waals surface area (Å²) in [6.07, 6.45) is 0. The van der Waals surface area contributed by atoms with E-state index in [1.54, 1.807) is 13.1 Å². The Hall–Kier alpha value is -1.30. The van der Waals surface area contributed by atoms with Gasteiger partial charge in [-0.1, -0.05) is 11.6 Å². The van der Waals surface area contributed by atoms with Gasteiger partial charge in [-0.2, -0.15) is 0 Å². The van der Waals surface area contributed by atoms with Crippen molar-refractivity contribution in [2.24, 2.45) is 5.92 Å². The second-order valence-electron chi connectivity index (χ2n) is 4.19. The van der Waals surface area contributed by atoms with Gasteiger partial charge in [-0.25, -0.2) is 0 Å². The molecule has 1 saturated heterocycles. The van der Waals surface area contributed by atoms with Gasteiger partial charge in [0.2, 0.25) is 5.91 Å². The third kappa shape index (κ3) is 2.75. The Labute approximate surface area is 110 Å². The first kappa shape index (κ1) is 13.1. The highest BCUT2D eigenvalue weighted by Crippen LogP contribution is 2.26. The van der Waals surface area contributed by atoms with E-state index in [4.69, 9.17) is 16.3 Å². The first-order valence-electron chi connectivity index (χ1n) is 5.66. The molecule has 1 heterocycles. The highest BCUT2D eigenvalue weighted by atomic mass is 35.5. The number of ether oxygens (including phenoxy) is 1. The van der Waals surface area contributed by atoms with Crippen molar-refractivity contribution in [2.75, 3.05) is 25.6 Å². The second-order valence-corrected chi connectivity index (χ2v) is 4.60. The van der Waals surface area contributed by atoms with Crippen LogP contribution in [-0.2, 0) is 9.53 Å². The van der Waals surface area contributed by atoms with Gasteiger partial charge in [0.25, 0.3) is 0 Å². The van der Waals surface area contributed by atoms with Gasteiger partial charge in [0.15, 0.2) is 0 Å². The van der Waals surface area contributed by atoms with Gasteiger partial charge in [0.05, 0.1) is 24.2 Å². The van der Waals surface area contributed by atoms with Gasteiger partial charge in [-0.3, -0.25) is 4.79 Å². The van der Waals surface area contributed by atoms with E-state index in [-0.39, 0.29) is 28.6 Å². The molecule has 0 saturated carbocycles. The van der Waals surface area contributed by atoms with E-state index in [0.29, 0.717) is 18.9 Å². The molecule has 3 N–H and O–H groups in total. The summed E-state index contributed by atoms with van der Waals surface area (Å²) in [5.41, 5.74) is 0.560. The Morgan fingerprint density at radius 1 is 1.50 bits per heavy atom. The molecule has 2 atom stereocenters. The van der Waals surface area contributed by atoms with Gasteiger partial charge in [-0.15, -0.1) is 0 Å². The molecule has 2 unspecified atom stereocenters. The van der Waals surface area contributed by atoms with Crippen LogP contribution in [0.4, 0.5) is 5.69 Å². The molecule has 1 fully saturated rings. The summed E-state index contributed by atoms with van der Waals surface area (Å²) >= 11 is 5.77. The maximum absolute atomic E-state index is 12.0. The predicted molar refractivity (Wildman–Crippen MR) is 68.9 cm³/mol. The predicted octanol–water partition coefficient (Wildman–Crippen LogP) is 1.22. The lowest BCUT2D eigenvalue weighted by Gasteiger charge is -2.16. The maximum atomic E-state index is 12.0. The number of aromatic hydroxyl groups is 1. The van der Waals surface area contributed by atoms with Gasteiger partial charge in [-0.05, 0) is 25.2 Å². The van der Waals surface area contributed by atoms with E-state index in [1.165, 1.54) is 12.1 Å². The van der Waals surface area contributed by atoms with E-state index in [9.17, 15) is 9.90 Å². The summed E-state index contributed by atoms with van der Waals surface area (Å²) in [5.74, 6) is -0.344. The summed E-state index contributed by atoms with van der Waals surface area (Å²) in [4.78, 5) is 12.0. The van der Waals surface area contributed by atoms with Crippen molar-refractivity contribution in [1.82, 2.24) is 5.32 Å². The fourth-order valence-corrected chi connectivity index (χ4v) is 2.10. The van der Waals surface area contributed by atoms with Gasteiger partial charge < -0.3 is 20.5 Å². The van der Waals surface area contributed by atoms with Crippen LogP contribution in [0.1, 0.15) is 0 Å². The molecule has 1 aromatic carbocycles. The van der Waals surface area contributed by atoms with Crippen LogP contribution in [0.5, 0.6) is 5.75 Å².